The van der Waals surface area contributed by atoms with E-state index in [2.05, 4.69) is 9.97 Å². The molecule has 7 nitrogen and oxygen atoms in total. The lowest BCUT2D eigenvalue weighted by molar-refractivity contribution is -0.145. The van der Waals surface area contributed by atoms with Crippen LogP contribution < -0.4 is 5.32 Å². The van der Waals surface area contributed by atoms with Gasteiger partial charge in [-0.1, -0.05) is 12.1 Å². The van der Waals surface area contributed by atoms with Crippen LogP contribution in [-0.2, 0) is 21.9 Å². The Morgan fingerprint density at radius 3 is 2.26 bits per heavy atom. The van der Waals surface area contributed by atoms with E-state index < -0.39 is 59.1 Å². The molecule has 0 aliphatic carbocycles. The van der Waals surface area contributed by atoms with Crippen molar-refractivity contribution in [1.82, 2.24) is 14.9 Å². The van der Waals surface area contributed by atoms with Crippen LogP contribution in [0.5, 0.6) is 5.88 Å². The molecule has 2 heterocycles. The molecule has 3 rings (SSSR count). The molecule has 1 fully saturated rings. The van der Waals surface area contributed by atoms with Crippen LogP contribution in [0, 0.1) is 5.92 Å². The standard InChI is InChI=1S/C18H14F6N4O3/c1-28-7-10(8-2-4-9(5-3-8)17(19,20)21)13(15(28)31)14(30)25-11-6-12(29)27-16(26-11)18(22,23)24/h2-6,10,13H,7H2,1H3,(H2,25,26,27,29,30)/t10-,13+/m0/s1. The quantitative estimate of drug-likeness (QED) is 0.556. The van der Waals surface area contributed by atoms with Crippen molar-refractivity contribution in [3.63, 3.8) is 0 Å². The van der Waals surface area contributed by atoms with Gasteiger partial charge >= 0.3 is 12.4 Å². The average Bonchev–Trinajstić information content (AvgIpc) is 2.95. The zero-order chi connectivity index (χ0) is 23.1. The first-order valence-electron chi connectivity index (χ1n) is 8.65. The van der Waals surface area contributed by atoms with Gasteiger partial charge in [-0.3, -0.25) is 9.59 Å². The number of halogens is 6. The maximum atomic E-state index is 12.8. The highest BCUT2D eigenvalue weighted by Gasteiger charge is 2.45. The number of alkyl halides is 6. The first kappa shape index (κ1) is 22.3. The molecule has 2 amide bonds. The van der Waals surface area contributed by atoms with E-state index in [9.17, 15) is 41.0 Å². The number of nitrogens with one attached hydrogen (secondary N) is 1. The van der Waals surface area contributed by atoms with Gasteiger partial charge in [0, 0.05) is 25.6 Å². The number of aromatic hydroxyl groups is 1. The van der Waals surface area contributed by atoms with Gasteiger partial charge in [0.05, 0.1) is 5.56 Å². The Kier molecular flexibility index (Phi) is 5.54. The van der Waals surface area contributed by atoms with E-state index in [0.29, 0.717) is 6.07 Å². The summed E-state index contributed by atoms with van der Waals surface area (Å²) in [4.78, 5) is 32.3. The van der Waals surface area contributed by atoms with Crippen LogP contribution in [0.1, 0.15) is 22.9 Å². The van der Waals surface area contributed by atoms with Crippen molar-refractivity contribution in [2.45, 2.75) is 18.3 Å². The molecule has 2 aromatic rings. The summed E-state index contributed by atoms with van der Waals surface area (Å²) < 4.78 is 76.8. The van der Waals surface area contributed by atoms with Gasteiger partial charge in [0.25, 0.3) is 0 Å². The van der Waals surface area contributed by atoms with Gasteiger partial charge in [-0.25, -0.2) is 4.98 Å². The molecule has 1 aromatic carbocycles. The first-order valence-corrected chi connectivity index (χ1v) is 8.65. The lowest BCUT2D eigenvalue weighted by Crippen LogP contribution is -2.33. The minimum atomic E-state index is -5.00. The van der Waals surface area contributed by atoms with E-state index >= 15 is 0 Å². The topological polar surface area (TPSA) is 95.4 Å². The van der Waals surface area contributed by atoms with Crippen molar-refractivity contribution in [2.24, 2.45) is 5.92 Å². The fourth-order valence-electron chi connectivity index (χ4n) is 3.24. The molecule has 31 heavy (non-hydrogen) atoms. The number of aromatic nitrogens is 2. The van der Waals surface area contributed by atoms with Gasteiger partial charge in [-0.05, 0) is 17.7 Å². The normalized spacial score (nSPS) is 19.6. The number of likely N-dealkylation sites (tertiary alicyclic amines) is 1. The van der Waals surface area contributed by atoms with Crippen LogP contribution in [-0.4, -0.2) is 45.4 Å². The van der Waals surface area contributed by atoms with Crippen LogP contribution in [0.3, 0.4) is 0 Å². The van der Waals surface area contributed by atoms with E-state index in [-0.39, 0.29) is 12.1 Å². The molecule has 13 heteroatoms. The Balaban J connectivity index is 1.88. The van der Waals surface area contributed by atoms with Gasteiger partial charge in [0.1, 0.15) is 11.7 Å². The van der Waals surface area contributed by atoms with Gasteiger partial charge < -0.3 is 15.3 Å². The molecule has 0 radical (unpaired) electrons. The third-order valence-electron chi connectivity index (χ3n) is 4.68. The molecule has 1 aliphatic heterocycles. The molecule has 2 atom stereocenters. The predicted molar refractivity (Wildman–Crippen MR) is 92.6 cm³/mol. The lowest BCUT2D eigenvalue weighted by atomic mass is 9.87. The fourth-order valence-corrected chi connectivity index (χ4v) is 3.24. The first-order chi connectivity index (χ1) is 14.3. The van der Waals surface area contributed by atoms with Crippen molar-refractivity contribution in [1.29, 1.82) is 0 Å². The van der Waals surface area contributed by atoms with Gasteiger partial charge in [-0.2, -0.15) is 31.3 Å². The Labute approximate surface area is 170 Å². The SMILES string of the molecule is CN1C[C@@H](c2ccc(C(F)(F)F)cc2)[C@H](C(=O)Nc2cc(O)nc(C(F)(F)F)n2)C1=O. The van der Waals surface area contributed by atoms with Crippen LogP contribution in [0.2, 0.25) is 0 Å². The summed E-state index contributed by atoms with van der Waals surface area (Å²) in [5.41, 5.74) is -0.640. The highest BCUT2D eigenvalue weighted by atomic mass is 19.4. The van der Waals surface area contributed by atoms with E-state index in [1.165, 1.54) is 11.9 Å². The van der Waals surface area contributed by atoms with Crippen LogP contribution >= 0.6 is 0 Å². The second-order valence-electron chi connectivity index (χ2n) is 6.84. The summed E-state index contributed by atoms with van der Waals surface area (Å²) in [6, 6.07) is 4.57. The second-order valence-corrected chi connectivity index (χ2v) is 6.84. The van der Waals surface area contributed by atoms with E-state index in [1.54, 1.807) is 0 Å². The van der Waals surface area contributed by atoms with Crippen molar-refractivity contribution in [2.75, 3.05) is 18.9 Å². The summed E-state index contributed by atoms with van der Waals surface area (Å²) >= 11 is 0. The molecule has 1 aliphatic rings. The van der Waals surface area contributed by atoms with Crippen LogP contribution in [0.25, 0.3) is 0 Å². The van der Waals surface area contributed by atoms with Gasteiger partial charge in [0.15, 0.2) is 0 Å². The third-order valence-corrected chi connectivity index (χ3v) is 4.68. The van der Waals surface area contributed by atoms with Gasteiger partial charge in [-0.15, -0.1) is 0 Å². The van der Waals surface area contributed by atoms with E-state index in [4.69, 9.17) is 0 Å². The Morgan fingerprint density at radius 2 is 1.71 bits per heavy atom. The fraction of sp³-hybridized carbons (Fsp3) is 0.333. The number of rotatable bonds is 3. The van der Waals surface area contributed by atoms with Crippen LogP contribution in [0.15, 0.2) is 30.3 Å². The zero-order valence-corrected chi connectivity index (χ0v) is 15.6. The number of carbonyl (C=O) groups excluding carboxylic acids is 2. The van der Waals surface area contributed by atoms with Crippen molar-refractivity contribution >= 4 is 17.6 Å². The molecule has 166 valence electrons. The second kappa shape index (κ2) is 7.71. The summed E-state index contributed by atoms with van der Waals surface area (Å²) in [5.74, 6) is -7.39. The highest BCUT2D eigenvalue weighted by molar-refractivity contribution is 6.08. The van der Waals surface area contributed by atoms with E-state index in [1.807, 2.05) is 5.32 Å². The summed E-state index contributed by atoms with van der Waals surface area (Å²) in [5, 5.41) is 11.4. The number of hydrogen-bond donors (Lipinski definition) is 2. The molecule has 2 N–H and O–H groups in total. The number of nitrogens with zero attached hydrogens (tertiary/aromatic N) is 3. The smallest absolute Gasteiger partial charge is 0.451 e. The zero-order valence-electron chi connectivity index (χ0n) is 15.6. The molecule has 0 saturated carbocycles. The van der Waals surface area contributed by atoms with Crippen molar-refractivity contribution < 1.29 is 41.0 Å². The molecule has 1 saturated heterocycles. The third kappa shape index (κ3) is 4.70. The van der Waals surface area contributed by atoms with Crippen LogP contribution in [0.4, 0.5) is 32.2 Å². The van der Waals surface area contributed by atoms with Gasteiger partial charge in [0.2, 0.25) is 23.5 Å². The number of amides is 2. The maximum Gasteiger partial charge on any atom is 0.451 e. The number of anilines is 1. The molecule has 0 spiro atoms. The number of benzene rings is 1. The minimum Gasteiger partial charge on any atom is -0.493 e. The Hall–Kier alpha value is -3.38. The average molecular weight is 448 g/mol. The highest BCUT2D eigenvalue weighted by Crippen LogP contribution is 2.36. The summed E-state index contributed by atoms with van der Waals surface area (Å²) in [6.07, 6.45) is -9.56. The number of hydrogen-bond acceptors (Lipinski definition) is 5. The Bertz CT molecular complexity index is 1010. The minimum absolute atomic E-state index is 0.00507. The predicted octanol–water partition coefficient (Wildman–Crippen LogP) is 3.03. The largest absolute Gasteiger partial charge is 0.493 e. The monoisotopic (exact) mass is 448 g/mol. The number of likely N-dealkylation sites (N-methyl/N-ethyl adjacent to an activating group) is 1. The van der Waals surface area contributed by atoms with E-state index in [0.717, 1.165) is 24.3 Å². The maximum absolute atomic E-state index is 12.8. The van der Waals surface area contributed by atoms with Crippen molar-refractivity contribution in [3.8, 4) is 5.88 Å². The lowest BCUT2D eigenvalue weighted by Gasteiger charge is -2.18. The van der Waals surface area contributed by atoms with Crippen molar-refractivity contribution in [3.05, 3.63) is 47.3 Å². The molecule has 0 unspecified atom stereocenters. The summed E-state index contributed by atoms with van der Waals surface area (Å²) in [7, 11) is 1.38. The number of carbonyl (C=O) groups is 2. The summed E-state index contributed by atoms with van der Waals surface area (Å²) in [6.45, 7) is 0.00507. The Morgan fingerprint density at radius 1 is 1.10 bits per heavy atom. The molecule has 1 aromatic heterocycles. The molecule has 0 bridgehead atoms. The molecular formula is C18H14F6N4O3. The molecular weight excluding hydrogens is 434 g/mol.